The van der Waals surface area contributed by atoms with Crippen LogP contribution in [0.25, 0.3) is 5.65 Å². The summed E-state index contributed by atoms with van der Waals surface area (Å²) in [5.74, 6) is 0.819. The Bertz CT molecular complexity index is 609. The SMILES string of the molecule is CN1CCN(CCc2n[nH]c3cccc(=O)n23)CC1. The third-order valence-corrected chi connectivity index (χ3v) is 3.76. The van der Waals surface area contributed by atoms with Crippen molar-refractivity contribution in [1.82, 2.24) is 24.4 Å². The molecule has 0 saturated carbocycles. The molecule has 0 unspecified atom stereocenters. The molecule has 0 aliphatic carbocycles. The van der Waals surface area contributed by atoms with Crippen molar-refractivity contribution >= 4 is 5.65 Å². The molecule has 1 aliphatic rings. The number of aromatic amines is 1. The molecule has 2 aromatic rings. The third kappa shape index (κ3) is 2.54. The van der Waals surface area contributed by atoms with Crippen LogP contribution in [-0.4, -0.2) is 64.2 Å². The lowest BCUT2D eigenvalue weighted by Gasteiger charge is -2.32. The molecule has 0 amide bonds. The number of piperazine rings is 1. The molecule has 6 nitrogen and oxygen atoms in total. The first kappa shape index (κ1) is 12.4. The molecule has 1 fully saturated rings. The van der Waals surface area contributed by atoms with Crippen molar-refractivity contribution in [3.63, 3.8) is 0 Å². The molecule has 0 radical (unpaired) electrons. The third-order valence-electron chi connectivity index (χ3n) is 3.76. The van der Waals surface area contributed by atoms with Crippen molar-refractivity contribution in [3.8, 4) is 0 Å². The van der Waals surface area contributed by atoms with Gasteiger partial charge >= 0.3 is 0 Å². The molecule has 0 atom stereocenters. The molecule has 2 aromatic heterocycles. The Kier molecular flexibility index (Phi) is 3.35. The van der Waals surface area contributed by atoms with Crippen LogP contribution in [0.1, 0.15) is 5.82 Å². The summed E-state index contributed by atoms with van der Waals surface area (Å²) in [4.78, 5) is 16.6. The van der Waals surface area contributed by atoms with Crippen LogP contribution in [0.3, 0.4) is 0 Å². The first-order valence-electron chi connectivity index (χ1n) is 6.70. The smallest absolute Gasteiger partial charge is 0.257 e. The van der Waals surface area contributed by atoms with Gasteiger partial charge in [-0.05, 0) is 13.1 Å². The summed E-state index contributed by atoms with van der Waals surface area (Å²) in [5, 5.41) is 7.17. The normalized spacial score (nSPS) is 18.2. The molecule has 3 rings (SSSR count). The van der Waals surface area contributed by atoms with E-state index in [0.717, 1.165) is 50.6 Å². The largest absolute Gasteiger partial charge is 0.304 e. The van der Waals surface area contributed by atoms with Crippen LogP contribution < -0.4 is 5.56 Å². The molecule has 6 heteroatoms. The highest BCUT2D eigenvalue weighted by atomic mass is 16.1. The van der Waals surface area contributed by atoms with Gasteiger partial charge in [0.15, 0.2) is 0 Å². The van der Waals surface area contributed by atoms with Gasteiger partial charge in [-0.25, -0.2) is 4.40 Å². The lowest BCUT2D eigenvalue weighted by Crippen LogP contribution is -2.45. The van der Waals surface area contributed by atoms with Crippen LogP contribution >= 0.6 is 0 Å². The van der Waals surface area contributed by atoms with E-state index in [4.69, 9.17) is 0 Å². The van der Waals surface area contributed by atoms with Crippen LogP contribution in [0, 0.1) is 0 Å². The van der Waals surface area contributed by atoms with Gasteiger partial charge in [-0.1, -0.05) is 6.07 Å². The van der Waals surface area contributed by atoms with Crippen molar-refractivity contribution in [1.29, 1.82) is 0 Å². The number of pyridine rings is 1. The van der Waals surface area contributed by atoms with Gasteiger partial charge in [0, 0.05) is 45.2 Å². The molecular weight excluding hydrogens is 242 g/mol. The van der Waals surface area contributed by atoms with Crippen LogP contribution in [-0.2, 0) is 6.42 Å². The highest BCUT2D eigenvalue weighted by Gasteiger charge is 2.14. The van der Waals surface area contributed by atoms with Crippen molar-refractivity contribution < 1.29 is 0 Å². The number of H-pyrrole nitrogens is 1. The summed E-state index contributed by atoms with van der Waals surface area (Å²) in [6, 6.07) is 5.19. The molecule has 0 aromatic carbocycles. The molecule has 102 valence electrons. The van der Waals surface area contributed by atoms with E-state index in [9.17, 15) is 4.79 Å². The van der Waals surface area contributed by atoms with Gasteiger partial charge in [-0.15, -0.1) is 0 Å². The predicted octanol–water partition coefficient (Wildman–Crippen LogP) is -0.187. The van der Waals surface area contributed by atoms with Gasteiger partial charge in [0.2, 0.25) is 0 Å². The van der Waals surface area contributed by atoms with Gasteiger partial charge in [0.05, 0.1) is 0 Å². The summed E-state index contributed by atoms with van der Waals surface area (Å²) in [6.07, 6.45) is 0.799. The highest BCUT2D eigenvalue weighted by Crippen LogP contribution is 2.04. The van der Waals surface area contributed by atoms with E-state index >= 15 is 0 Å². The Morgan fingerprint density at radius 2 is 2.05 bits per heavy atom. The van der Waals surface area contributed by atoms with E-state index in [2.05, 4.69) is 27.0 Å². The molecule has 1 N–H and O–H groups in total. The quantitative estimate of drug-likeness (QED) is 0.832. The average molecular weight is 261 g/mol. The van der Waals surface area contributed by atoms with Crippen molar-refractivity contribution in [3.05, 3.63) is 34.4 Å². The Hall–Kier alpha value is -1.66. The van der Waals surface area contributed by atoms with Crippen molar-refractivity contribution in [2.75, 3.05) is 39.8 Å². The summed E-state index contributed by atoms with van der Waals surface area (Å²) in [6.45, 7) is 5.36. The second kappa shape index (κ2) is 5.14. The number of rotatable bonds is 3. The number of hydrogen-bond acceptors (Lipinski definition) is 4. The summed E-state index contributed by atoms with van der Waals surface area (Å²) >= 11 is 0. The maximum Gasteiger partial charge on any atom is 0.257 e. The van der Waals surface area contributed by atoms with E-state index in [-0.39, 0.29) is 5.56 Å². The number of fused-ring (bicyclic) bond motifs is 1. The first-order chi connectivity index (χ1) is 9.24. The van der Waals surface area contributed by atoms with Gasteiger partial charge in [-0.3, -0.25) is 9.89 Å². The average Bonchev–Trinajstić information content (AvgIpc) is 2.83. The Morgan fingerprint density at radius 1 is 1.26 bits per heavy atom. The zero-order valence-corrected chi connectivity index (χ0v) is 11.2. The van der Waals surface area contributed by atoms with Crippen LogP contribution in [0.5, 0.6) is 0 Å². The highest BCUT2D eigenvalue weighted by molar-refractivity contribution is 5.37. The maximum atomic E-state index is 11.8. The molecule has 0 spiro atoms. The van der Waals surface area contributed by atoms with Gasteiger partial charge in [-0.2, -0.15) is 5.10 Å². The fourth-order valence-electron chi connectivity index (χ4n) is 2.51. The van der Waals surface area contributed by atoms with Gasteiger partial charge in [0.25, 0.3) is 5.56 Å². The van der Waals surface area contributed by atoms with E-state index in [1.54, 1.807) is 16.5 Å². The molecule has 3 heterocycles. The first-order valence-corrected chi connectivity index (χ1v) is 6.70. The number of hydrogen-bond donors (Lipinski definition) is 1. The minimum absolute atomic E-state index is 0.0142. The zero-order chi connectivity index (χ0) is 13.2. The Morgan fingerprint density at radius 3 is 2.84 bits per heavy atom. The van der Waals surface area contributed by atoms with Crippen LogP contribution in [0.4, 0.5) is 0 Å². The van der Waals surface area contributed by atoms with Gasteiger partial charge in [0.1, 0.15) is 11.5 Å². The molecule has 1 saturated heterocycles. The number of nitrogens with zero attached hydrogens (tertiary/aromatic N) is 4. The lowest BCUT2D eigenvalue weighted by molar-refractivity contribution is 0.155. The van der Waals surface area contributed by atoms with Gasteiger partial charge < -0.3 is 9.80 Å². The molecule has 0 bridgehead atoms. The van der Waals surface area contributed by atoms with E-state index in [1.165, 1.54) is 0 Å². The molecule has 19 heavy (non-hydrogen) atoms. The number of nitrogens with one attached hydrogen (secondary N) is 1. The minimum Gasteiger partial charge on any atom is -0.304 e. The van der Waals surface area contributed by atoms with E-state index in [0.29, 0.717) is 0 Å². The van der Waals surface area contributed by atoms with E-state index in [1.807, 2.05) is 6.07 Å². The molecule has 1 aliphatic heterocycles. The summed E-state index contributed by atoms with van der Waals surface area (Å²) in [5.41, 5.74) is 0.750. The predicted molar refractivity (Wildman–Crippen MR) is 73.5 cm³/mol. The second-order valence-corrected chi connectivity index (χ2v) is 5.12. The monoisotopic (exact) mass is 261 g/mol. The standard InChI is InChI=1S/C13H19N5O/c1-16-7-9-17(10-8-16)6-5-12-15-14-11-3-2-4-13(19)18(11)12/h2-4,14H,5-10H2,1H3. The van der Waals surface area contributed by atoms with Crippen molar-refractivity contribution in [2.24, 2.45) is 0 Å². The molecular formula is C13H19N5O. The maximum absolute atomic E-state index is 11.8. The fraction of sp³-hybridized carbons (Fsp3) is 0.538. The number of likely N-dealkylation sites (N-methyl/N-ethyl adjacent to an activating group) is 1. The zero-order valence-electron chi connectivity index (χ0n) is 11.2. The topological polar surface area (TPSA) is 56.6 Å². The minimum atomic E-state index is -0.0142. The Labute approximate surface area is 111 Å². The Balaban J connectivity index is 1.70. The fourth-order valence-corrected chi connectivity index (χ4v) is 2.51. The summed E-state index contributed by atoms with van der Waals surface area (Å²) < 4.78 is 1.66. The van der Waals surface area contributed by atoms with Crippen LogP contribution in [0.2, 0.25) is 0 Å². The number of aromatic nitrogens is 3. The van der Waals surface area contributed by atoms with Crippen LogP contribution in [0.15, 0.2) is 23.0 Å². The summed E-state index contributed by atoms with van der Waals surface area (Å²) in [7, 11) is 2.15. The lowest BCUT2D eigenvalue weighted by atomic mass is 10.3. The van der Waals surface area contributed by atoms with E-state index < -0.39 is 0 Å². The van der Waals surface area contributed by atoms with Crippen molar-refractivity contribution in [2.45, 2.75) is 6.42 Å². The second-order valence-electron chi connectivity index (χ2n) is 5.12.